The van der Waals surface area contributed by atoms with Gasteiger partial charge in [-0.25, -0.2) is 0 Å². The Kier molecular flexibility index (Phi) is 4.51. The maximum Gasteiger partial charge on any atom is 0.258 e. The molecule has 2 rings (SSSR count). The summed E-state index contributed by atoms with van der Waals surface area (Å²) in [7, 11) is 0. The van der Waals surface area contributed by atoms with Crippen molar-refractivity contribution in [2.24, 2.45) is 0 Å². The zero-order chi connectivity index (χ0) is 12.3. The first kappa shape index (κ1) is 13.0. The molecule has 1 aromatic heterocycles. The number of hydrogen-bond donors (Lipinski definition) is 0. The zero-order valence-electron chi connectivity index (χ0n) is 9.49. The third-order valence-corrected chi connectivity index (χ3v) is 3.98. The van der Waals surface area contributed by atoms with Crippen molar-refractivity contribution in [1.82, 2.24) is 4.90 Å². The van der Waals surface area contributed by atoms with Crippen LogP contribution in [-0.4, -0.2) is 29.3 Å². The molecule has 0 aromatic carbocycles. The number of carbonyl (C=O) groups is 1. The molecule has 0 spiro atoms. The standard InChI is InChI=1S/C12H15BrClNO2/c13-11-10(5-8-17-11)12(16)15(7-6-14)9-3-1-2-4-9/h5,8-9H,1-4,6-7H2. The van der Waals surface area contributed by atoms with E-state index in [1.54, 1.807) is 6.07 Å². The number of rotatable bonds is 4. The molecule has 0 saturated heterocycles. The molecule has 1 aliphatic rings. The lowest BCUT2D eigenvalue weighted by atomic mass is 10.2. The summed E-state index contributed by atoms with van der Waals surface area (Å²) in [6, 6.07) is 2.03. The van der Waals surface area contributed by atoms with Crippen LogP contribution in [0, 0.1) is 0 Å². The van der Waals surface area contributed by atoms with E-state index in [1.165, 1.54) is 19.1 Å². The summed E-state index contributed by atoms with van der Waals surface area (Å²) < 4.78 is 5.61. The van der Waals surface area contributed by atoms with Crippen LogP contribution in [0.15, 0.2) is 21.4 Å². The maximum atomic E-state index is 12.4. The van der Waals surface area contributed by atoms with Gasteiger partial charge in [-0.2, -0.15) is 0 Å². The summed E-state index contributed by atoms with van der Waals surface area (Å²) in [5.41, 5.74) is 0.585. The summed E-state index contributed by atoms with van der Waals surface area (Å²) in [6.45, 7) is 0.600. The lowest BCUT2D eigenvalue weighted by Gasteiger charge is -2.28. The van der Waals surface area contributed by atoms with E-state index in [-0.39, 0.29) is 5.91 Å². The van der Waals surface area contributed by atoms with Crippen LogP contribution in [-0.2, 0) is 0 Å². The van der Waals surface area contributed by atoms with Gasteiger partial charge in [-0.1, -0.05) is 12.8 Å². The summed E-state index contributed by atoms with van der Waals surface area (Å²) in [5, 5.41) is 0. The highest BCUT2D eigenvalue weighted by Crippen LogP contribution is 2.27. The van der Waals surface area contributed by atoms with Gasteiger partial charge in [-0.15, -0.1) is 11.6 Å². The number of amides is 1. The Morgan fingerprint density at radius 3 is 2.76 bits per heavy atom. The van der Waals surface area contributed by atoms with E-state index < -0.39 is 0 Å². The Labute approximate surface area is 114 Å². The minimum Gasteiger partial charge on any atom is -0.457 e. The quantitative estimate of drug-likeness (QED) is 0.793. The summed E-state index contributed by atoms with van der Waals surface area (Å²) >= 11 is 9.04. The molecule has 0 bridgehead atoms. The lowest BCUT2D eigenvalue weighted by molar-refractivity contribution is 0.0693. The van der Waals surface area contributed by atoms with Crippen LogP contribution in [0.2, 0.25) is 0 Å². The highest BCUT2D eigenvalue weighted by atomic mass is 79.9. The first-order valence-electron chi connectivity index (χ1n) is 5.84. The highest BCUT2D eigenvalue weighted by Gasteiger charge is 2.28. The van der Waals surface area contributed by atoms with Crippen molar-refractivity contribution in [2.75, 3.05) is 12.4 Å². The molecule has 1 aromatic rings. The zero-order valence-corrected chi connectivity index (χ0v) is 11.8. The van der Waals surface area contributed by atoms with E-state index in [0.29, 0.717) is 28.7 Å². The average Bonchev–Trinajstić information content (AvgIpc) is 2.95. The van der Waals surface area contributed by atoms with E-state index in [1.807, 2.05) is 4.90 Å². The molecule has 0 atom stereocenters. The molecule has 94 valence electrons. The topological polar surface area (TPSA) is 33.5 Å². The minimum absolute atomic E-state index is 0.0122. The smallest absolute Gasteiger partial charge is 0.258 e. The van der Waals surface area contributed by atoms with Crippen LogP contribution < -0.4 is 0 Å². The maximum absolute atomic E-state index is 12.4. The van der Waals surface area contributed by atoms with Crippen molar-refractivity contribution in [3.63, 3.8) is 0 Å². The SMILES string of the molecule is O=C(c1ccoc1Br)N(CCCl)C1CCCC1. The molecule has 5 heteroatoms. The van der Waals surface area contributed by atoms with E-state index in [4.69, 9.17) is 16.0 Å². The third kappa shape index (κ3) is 2.86. The van der Waals surface area contributed by atoms with Gasteiger partial charge in [0.05, 0.1) is 11.8 Å². The van der Waals surface area contributed by atoms with Crippen LogP contribution in [0.3, 0.4) is 0 Å². The fraction of sp³-hybridized carbons (Fsp3) is 0.583. The summed E-state index contributed by atoms with van der Waals surface area (Å²) in [6.07, 6.45) is 6.08. The Morgan fingerprint density at radius 1 is 1.53 bits per heavy atom. The minimum atomic E-state index is 0.0122. The third-order valence-electron chi connectivity index (χ3n) is 3.20. The van der Waals surface area contributed by atoms with Crippen molar-refractivity contribution < 1.29 is 9.21 Å². The van der Waals surface area contributed by atoms with Crippen LogP contribution in [0.4, 0.5) is 0 Å². The molecule has 1 saturated carbocycles. The Hall–Kier alpha value is -0.480. The van der Waals surface area contributed by atoms with Gasteiger partial charge in [-0.05, 0) is 34.8 Å². The molecule has 1 fully saturated rings. The molecule has 0 unspecified atom stereocenters. The molecule has 1 aliphatic carbocycles. The molecule has 0 N–H and O–H groups in total. The molecule has 1 heterocycles. The first-order valence-corrected chi connectivity index (χ1v) is 7.16. The largest absolute Gasteiger partial charge is 0.457 e. The number of carbonyl (C=O) groups excluding carboxylic acids is 1. The number of halogens is 2. The highest BCUT2D eigenvalue weighted by molar-refractivity contribution is 9.10. The van der Waals surface area contributed by atoms with E-state index >= 15 is 0 Å². The molecule has 0 radical (unpaired) electrons. The van der Waals surface area contributed by atoms with Crippen molar-refractivity contribution in [3.05, 3.63) is 22.6 Å². The van der Waals surface area contributed by atoms with Gasteiger partial charge < -0.3 is 9.32 Å². The summed E-state index contributed by atoms with van der Waals surface area (Å²) in [5.74, 6) is 0.482. The van der Waals surface area contributed by atoms with Crippen molar-refractivity contribution >= 4 is 33.4 Å². The van der Waals surface area contributed by atoms with Gasteiger partial charge in [0.25, 0.3) is 5.91 Å². The van der Waals surface area contributed by atoms with E-state index in [2.05, 4.69) is 15.9 Å². The van der Waals surface area contributed by atoms with Gasteiger partial charge in [0.1, 0.15) is 0 Å². The molecule has 1 amide bonds. The van der Waals surface area contributed by atoms with Gasteiger partial charge >= 0.3 is 0 Å². The second-order valence-electron chi connectivity index (χ2n) is 4.23. The summed E-state index contributed by atoms with van der Waals surface area (Å²) in [4.78, 5) is 14.3. The number of furan rings is 1. The molecule has 3 nitrogen and oxygen atoms in total. The normalized spacial score (nSPS) is 16.4. The number of alkyl halides is 1. The van der Waals surface area contributed by atoms with Crippen LogP contribution >= 0.6 is 27.5 Å². The molecular formula is C12H15BrClNO2. The van der Waals surface area contributed by atoms with E-state index in [9.17, 15) is 4.79 Å². The lowest BCUT2D eigenvalue weighted by Crippen LogP contribution is -2.40. The van der Waals surface area contributed by atoms with Gasteiger partial charge in [0.15, 0.2) is 4.67 Å². The Morgan fingerprint density at radius 2 is 2.24 bits per heavy atom. The van der Waals surface area contributed by atoms with Gasteiger partial charge in [0, 0.05) is 18.5 Å². The van der Waals surface area contributed by atoms with Crippen LogP contribution in [0.5, 0.6) is 0 Å². The monoisotopic (exact) mass is 319 g/mol. The Bertz CT molecular complexity index is 388. The van der Waals surface area contributed by atoms with Crippen molar-refractivity contribution in [1.29, 1.82) is 0 Å². The van der Waals surface area contributed by atoms with Crippen LogP contribution in [0.25, 0.3) is 0 Å². The second-order valence-corrected chi connectivity index (χ2v) is 5.33. The fourth-order valence-electron chi connectivity index (χ4n) is 2.36. The first-order chi connectivity index (χ1) is 8.24. The predicted octanol–water partition coefficient (Wildman–Crippen LogP) is 3.67. The fourth-order valence-corrected chi connectivity index (χ4v) is 2.95. The number of nitrogens with zero attached hydrogens (tertiary/aromatic N) is 1. The average molecular weight is 321 g/mol. The van der Waals surface area contributed by atoms with Crippen molar-refractivity contribution in [2.45, 2.75) is 31.7 Å². The molecule has 0 aliphatic heterocycles. The van der Waals surface area contributed by atoms with Crippen molar-refractivity contribution in [3.8, 4) is 0 Å². The molecular weight excluding hydrogens is 305 g/mol. The predicted molar refractivity (Wildman–Crippen MR) is 70.4 cm³/mol. The molecule has 17 heavy (non-hydrogen) atoms. The number of hydrogen-bond acceptors (Lipinski definition) is 2. The second kappa shape index (κ2) is 5.91. The van der Waals surface area contributed by atoms with E-state index in [0.717, 1.165) is 12.8 Å². The van der Waals surface area contributed by atoms with Gasteiger partial charge in [0.2, 0.25) is 0 Å². The Balaban J connectivity index is 2.15. The van der Waals surface area contributed by atoms with Crippen LogP contribution in [0.1, 0.15) is 36.0 Å². The van der Waals surface area contributed by atoms with Gasteiger partial charge in [-0.3, -0.25) is 4.79 Å².